The first-order valence-electron chi connectivity index (χ1n) is 10.9. The molecule has 10 heteroatoms. The van der Waals surface area contributed by atoms with Crippen molar-refractivity contribution in [2.45, 2.75) is 17.3 Å². The van der Waals surface area contributed by atoms with Gasteiger partial charge in [-0.05, 0) is 55.0 Å². The van der Waals surface area contributed by atoms with E-state index < -0.39 is 11.4 Å². The van der Waals surface area contributed by atoms with Crippen molar-refractivity contribution in [3.63, 3.8) is 0 Å². The smallest absolute Gasteiger partial charge is 0.255 e. The van der Waals surface area contributed by atoms with Gasteiger partial charge in [0.1, 0.15) is 24.5 Å². The van der Waals surface area contributed by atoms with Gasteiger partial charge in [-0.3, -0.25) is 9.59 Å². The molecule has 3 aromatic rings. The molecule has 1 atom stereocenters. The van der Waals surface area contributed by atoms with Crippen molar-refractivity contribution in [1.82, 2.24) is 0 Å². The zero-order valence-electron chi connectivity index (χ0n) is 19.2. The number of fused-ring (bicyclic) bond motifs is 2. The Morgan fingerprint density at radius 1 is 1.06 bits per heavy atom. The van der Waals surface area contributed by atoms with Crippen molar-refractivity contribution >= 4 is 40.6 Å². The maximum absolute atomic E-state index is 13.0. The van der Waals surface area contributed by atoms with Crippen molar-refractivity contribution in [3.05, 3.63) is 65.2 Å². The third-order valence-electron chi connectivity index (χ3n) is 5.82. The van der Waals surface area contributed by atoms with E-state index in [0.29, 0.717) is 47.3 Å². The topological polar surface area (TPSA) is 129 Å². The Morgan fingerprint density at radius 2 is 1.83 bits per heavy atom. The summed E-state index contributed by atoms with van der Waals surface area (Å²) in [6, 6.07) is 14.0. The van der Waals surface area contributed by atoms with Gasteiger partial charge in [0.25, 0.3) is 5.91 Å². The summed E-state index contributed by atoms with van der Waals surface area (Å²) < 4.78 is 16.7. The molecule has 2 aliphatic heterocycles. The summed E-state index contributed by atoms with van der Waals surface area (Å²) in [6.07, 6.45) is 0. The monoisotopic (exact) mass is 492 g/mol. The summed E-state index contributed by atoms with van der Waals surface area (Å²) in [4.78, 5) is 27.4. The Morgan fingerprint density at radius 3 is 2.57 bits per heavy atom. The minimum Gasteiger partial charge on any atom is -0.495 e. The molecular formula is C25H24N4O5S. The number of carbonyl (C=O) groups is 2. The zero-order chi connectivity index (χ0) is 24.7. The lowest BCUT2D eigenvalue weighted by Gasteiger charge is -2.27. The summed E-state index contributed by atoms with van der Waals surface area (Å²) in [5, 5.41) is 2.95. The fraction of sp³-hybridized carbons (Fsp3) is 0.200. The number of benzene rings is 3. The molecule has 2 heterocycles. The second-order valence-corrected chi connectivity index (χ2v) is 9.24. The van der Waals surface area contributed by atoms with E-state index in [0.717, 1.165) is 21.8 Å². The maximum Gasteiger partial charge on any atom is 0.255 e. The number of carbonyl (C=O) groups excluding carboxylic acids is 2. The zero-order valence-corrected chi connectivity index (χ0v) is 20.0. The minimum atomic E-state index is -0.543. The molecule has 5 rings (SSSR count). The summed E-state index contributed by atoms with van der Waals surface area (Å²) >= 11 is 1.40. The van der Waals surface area contributed by atoms with Crippen LogP contribution in [0.4, 0.5) is 17.1 Å². The number of primary amides is 1. The van der Waals surface area contributed by atoms with Crippen LogP contribution in [-0.2, 0) is 0 Å². The van der Waals surface area contributed by atoms with Gasteiger partial charge in [0.15, 0.2) is 11.5 Å². The van der Waals surface area contributed by atoms with E-state index in [9.17, 15) is 9.59 Å². The number of hydrogen-bond acceptors (Lipinski definition) is 8. The molecule has 0 fully saturated rings. The maximum atomic E-state index is 13.0. The number of nitrogens with one attached hydrogen (secondary N) is 1. The number of aryl methyl sites for hydroxylation is 1. The van der Waals surface area contributed by atoms with E-state index in [-0.39, 0.29) is 5.91 Å². The number of hydrogen-bond donors (Lipinski definition) is 3. The van der Waals surface area contributed by atoms with Gasteiger partial charge < -0.3 is 35.9 Å². The quantitative estimate of drug-likeness (QED) is 0.493. The van der Waals surface area contributed by atoms with Crippen LogP contribution in [0.25, 0.3) is 0 Å². The van der Waals surface area contributed by atoms with Crippen LogP contribution in [0.1, 0.15) is 26.3 Å². The van der Waals surface area contributed by atoms with Crippen LogP contribution in [0, 0.1) is 6.92 Å². The average Bonchev–Trinajstić information content (AvgIpc) is 3.19. The van der Waals surface area contributed by atoms with E-state index in [2.05, 4.69) is 5.32 Å². The molecule has 5 N–H and O–H groups in total. The number of nitrogens with two attached hydrogens (primary N) is 2. The second-order valence-electron chi connectivity index (χ2n) is 8.08. The van der Waals surface area contributed by atoms with E-state index in [4.69, 9.17) is 25.7 Å². The van der Waals surface area contributed by atoms with Gasteiger partial charge in [0.05, 0.1) is 12.8 Å². The number of nitrogens with zero attached hydrogens (tertiary/aromatic N) is 1. The highest BCUT2D eigenvalue weighted by molar-refractivity contribution is 8.00. The molecule has 9 nitrogen and oxygen atoms in total. The molecule has 0 spiro atoms. The van der Waals surface area contributed by atoms with Crippen LogP contribution in [-0.4, -0.2) is 37.6 Å². The Balaban J connectivity index is 1.47. The van der Waals surface area contributed by atoms with Crippen LogP contribution in [0.15, 0.2) is 53.4 Å². The highest BCUT2D eigenvalue weighted by atomic mass is 32.2. The highest BCUT2D eigenvalue weighted by Gasteiger charge is 2.34. The fourth-order valence-corrected chi connectivity index (χ4v) is 5.20. The van der Waals surface area contributed by atoms with Gasteiger partial charge in [-0.1, -0.05) is 17.8 Å². The molecule has 0 aliphatic carbocycles. The molecule has 2 aliphatic rings. The van der Waals surface area contributed by atoms with Crippen molar-refractivity contribution in [2.75, 3.05) is 30.5 Å². The van der Waals surface area contributed by atoms with Gasteiger partial charge in [0, 0.05) is 27.4 Å². The van der Waals surface area contributed by atoms with Gasteiger partial charge in [0.2, 0.25) is 5.91 Å². The van der Waals surface area contributed by atoms with Crippen LogP contribution >= 0.6 is 11.8 Å². The number of thioether (sulfide) groups is 1. The average molecular weight is 493 g/mol. The van der Waals surface area contributed by atoms with E-state index in [1.807, 2.05) is 30.0 Å². The standard InChI is InChI=1S/C25H24N4O5S/c1-13-3-5-16(28-24(31)14-4-6-18-19(9-14)34-8-7-33-18)12-17(13)29-22-20(32-2)10-15(23(26)30)11-21(22)35-25(29)27/h3-6,9-12,25H,7-8,27H2,1-2H3,(H2,26,30)(H,28,31). The van der Waals surface area contributed by atoms with Crippen LogP contribution in [0.2, 0.25) is 0 Å². The van der Waals surface area contributed by atoms with Gasteiger partial charge >= 0.3 is 0 Å². The predicted molar refractivity (Wildman–Crippen MR) is 134 cm³/mol. The molecule has 0 saturated carbocycles. The Labute approximate surface area is 206 Å². The number of amides is 2. The van der Waals surface area contributed by atoms with Gasteiger partial charge in [-0.2, -0.15) is 0 Å². The minimum absolute atomic E-state index is 0.277. The molecule has 0 radical (unpaired) electrons. The number of ether oxygens (including phenoxy) is 3. The predicted octanol–water partition coefficient (Wildman–Crippen LogP) is 3.61. The molecule has 0 aromatic heterocycles. The third-order valence-corrected chi connectivity index (χ3v) is 6.84. The number of anilines is 3. The van der Waals surface area contributed by atoms with Crippen LogP contribution in [0.3, 0.4) is 0 Å². The van der Waals surface area contributed by atoms with Crippen LogP contribution < -0.4 is 35.9 Å². The first-order valence-corrected chi connectivity index (χ1v) is 11.8. The van der Waals surface area contributed by atoms with Crippen molar-refractivity contribution in [1.29, 1.82) is 0 Å². The Bertz CT molecular complexity index is 1350. The number of methoxy groups -OCH3 is 1. The first kappa shape index (κ1) is 22.9. The van der Waals surface area contributed by atoms with Gasteiger partial charge in [-0.25, -0.2) is 0 Å². The molecule has 3 aromatic carbocycles. The Hall–Kier alpha value is -3.89. The lowest BCUT2D eigenvalue weighted by Crippen LogP contribution is -2.32. The lowest BCUT2D eigenvalue weighted by molar-refractivity contribution is 0.0997. The van der Waals surface area contributed by atoms with Gasteiger partial charge in [-0.15, -0.1) is 0 Å². The summed E-state index contributed by atoms with van der Waals surface area (Å²) in [5.74, 6) is 0.840. The molecule has 1 unspecified atom stereocenters. The van der Waals surface area contributed by atoms with Crippen molar-refractivity contribution in [3.8, 4) is 17.2 Å². The Kier molecular flexibility index (Phi) is 5.91. The molecule has 35 heavy (non-hydrogen) atoms. The molecule has 2 amide bonds. The fourth-order valence-electron chi connectivity index (χ4n) is 4.11. The summed E-state index contributed by atoms with van der Waals surface area (Å²) in [6.45, 7) is 2.89. The van der Waals surface area contributed by atoms with E-state index in [1.165, 1.54) is 18.9 Å². The molecule has 0 bridgehead atoms. The highest BCUT2D eigenvalue weighted by Crippen LogP contribution is 2.52. The summed E-state index contributed by atoms with van der Waals surface area (Å²) in [5.41, 5.74) is 15.4. The molecular weight excluding hydrogens is 468 g/mol. The largest absolute Gasteiger partial charge is 0.495 e. The lowest BCUT2D eigenvalue weighted by atomic mass is 10.1. The normalized spacial score (nSPS) is 16.0. The SMILES string of the molecule is COc1cc(C(N)=O)cc2c1N(c1cc(NC(=O)c3ccc4c(c3)OCCO4)ccc1C)C(N)S2. The third kappa shape index (κ3) is 4.22. The van der Waals surface area contributed by atoms with Crippen molar-refractivity contribution < 1.29 is 23.8 Å². The first-order chi connectivity index (χ1) is 16.9. The molecule has 0 saturated heterocycles. The molecule has 180 valence electrons. The second kappa shape index (κ2) is 9.05. The number of rotatable bonds is 5. The van der Waals surface area contributed by atoms with Crippen LogP contribution in [0.5, 0.6) is 17.2 Å². The van der Waals surface area contributed by atoms with E-state index in [1.54, 1.807) is 30.3 Å². The van der Waals surface area contributed by atoms with Crippen molar-refractivity contribution in [2.24, 2.45) is 11.5 Å². The summed E-state index contributed by atoms with van der Waals surface area (Å²) in [7, 11) is 1.53. The van der Waals surface area contributed by atoms with E-state index >= 15 is 0 Å².